The summed E-state index contributed by atoms with van der Waals surface area (Å²) in [6.45, 7) is 4.20. The highest BCUT2D eigenvalue weighted by Crippen LogP contribution is 2.20. The maximum Gasteiger partial charge on any atom is 0.274 e. The molecule has 1 saturated heterocycles. The van der Waals surface area contributed by atoms with Gasteiger partial charge < -0.3 is 19.5 Å². The number of carbonyl (C=O) groups excluding carboxylic acids is 1. The molecule has 1 aromatic heterocycles. The zero-order chi connectivity index (χ0) is 16.7. The van der Waals surface area contributed by atoms with Crippen LogP contribution in [-0.2, 0) is 4.74 Å². The molecule has 0 radical (unpaired) electrons. The standard InChI is InChI=1S/C15H22ClN3O4/c1-22-10-11-23-13-3-2-12(16)14(17-13)15(21)19-6-4-18(5-7-19)8-9-20/h2-3,20H,4-11H2,1H3. The predicted octanol–water partition coefficient (Wildman–Crippen LogP) is 0.510. The molecule has 0 bridgehead atoms. The van der Waals surface area contributed by atoms with Crippen molar-refractivity contribution in [1.82, 2.24) is 14.8 Å². The number of carbonyl (C=O) groups is 1. The van der Waals surface area contributed by atoms with Crippen molar-refractivity contribution in [2.24, 2.45) is 0 Å². The number of nitrogens with zero attached hydrogens (tertiary/aromatic N) is 3. The Morgan fingerprint density at radius 3 is 2.70 bits per heavy atom. The Labute approximate surface area is 140 Å². The average Bonchev–Trinajstić information content (AvgIpc) is 2.57. The Bertz CT molecular complexity index is 521. The number of amides is 1. The van der Waals surface area contributed by atoms with Crippen LogP contribution in [0.1, 0.15) is 10.5 Å². The van der Waals surface area contributed by atoms with Gasteiger partial charge in [-0.05, 0) is 6.07 Å². The molecule has 8 heteroatoms. The van der Waals surface area contributed by atoms with Crippen LogP contribution in [0.5, 0.6) is 5.88 Å². The summed E-state index contributed by atoms with van der Waals surface area (Å²) in [6, 6.07) is 3.25. The number of hydrogen-bond donors (Lipinski definition) is 1. The number of piperazine rings is 1. The zero-order valence-corrected chi connectivity index (χ0v) is 14.0. The lowest BCUT2D eigenvalue weighted by Crippen LogP contribution is -2.49. The normalized spacial score (nSPS) is 15.7. The van der Waals surface area contributed by atoms with Crippen LogP contribution in [0.15, 0.2) is 12.1 Å². The first-order valence-electron chi connectivity index (χ1n) is 7.56. The van der Waals surface area contributed by atoms with Gasteiger partial charge in [0.15, 0.2) is 5.69 Å². The third-order valence-corrected chi connectivity index (χ3v) is 3.94. The first kappa shape index (κ1) is 17.9. The van der Waals surface area contributed by atoms with Gasteiger partial charge in [0.2, 0.25) is 5.88 Å². The zero-order valence-electron chi connectivity index (χ0n) is 13.2. The Kier molecular flexibility index (Phi) is 7.04. The van der Waals surface area contributed by atoms with E-state index in [4.69, 9.17) is 26.2 Å². The summed E-state index contributed by atoms with van der Waals surface area (Å²) in [5, 5.41) is 9.27. The van der Waals surface area contributed by atoms with Crippen molar-refractivity contribution in [1.29, 1.82) is 0 Å². The van der Waals surface area contributed by atoms with Gasteiger partial charge >= 0.3 is 0 Å². The number of pyridine rings is 1. The molecular formula is C15H22ClN3O4. The summed E-state index contributed by atoms with van der Waals surface area (Å²) in [7, 11) is 1.59. The Hall–Kier alpha value is -1.41. The highest BCUT2D eigenvalue weighted by molar-refractivity contribution is 6.33. The van der Waals surface area contributed by atoms with Crippen LogP contribution in [0.3, 0.4) is 0 Å². The van der Waals surface area contributed by atoms with Crippen molar-refractivity contribution in [3.05, 3.63) is 22.8 Å². The number of methoxy groups -OCH3 is 1. The van der Waals surface area contributed by atoms with E-state index >= 15 is 0 Å². The number of aliphatic hydroxyl groups is 1. The summed E-state index contributed by atoms with van der Waals surface area (Å²) < 4.78 is 10.3. The molecule has 0 saturated carbocycles. The van der Waals surface area contributed by atoms with Gasteiger partial charge in [0.05, 0.1) is 18.2 Å². The molecule has 0 aliphatic carbocycles. The largest absolute Gasteiger partial charge is 0.475 e. The van der Waals surface area contributed by atoms with Gasteiger partial charge in [-0.1, -0.05) is 11.6 Å². The van der Waals surface area contributed by atoms with E-state index in [2.05, 4.69) is 9.88 Å². The van der Waals surface area contributed by atoms with E-state index in [1.165, 1.54) is 0 Å². The molecule has 128 valence electrons. The molecule has 2 heterocycles. The first-order chi connectivity index (χ1) is 11.2. The second-order valence-corrected chi connectivity index (χ2v) is 5.59. The number of aliphatic hydroxyl groups excluding tert-OH is 1. The van der Waals surface area contributed by atoms with Gasteiger partial charge in [0.25, 0.3) is 5.91 Å². The van der Waals surface area contributed by atoms with Gasteiger partial charge in [-0.3, -0.25) is 9.69 Å². The number of hydrogen-bond acceptors (Lipinski definition) is 6. The monoisotopic (exact) mass is 343 g/mol. The Morgan fingerprint density at radius 1 is 1.30 bits per heavy atom. The molecule has 1 fully saturated rings. The molecule has 23 heavy (non-hydrogen) atoms. The number of halogens is 1. The highest BCUT2D eigenvalue weighted by Gasteiger charge is 2.24. The van der Waals surface area contributed by atoms with Crippen LogP contribution in [0, 0.1) is 0 Å². The van der Waals surface area contributed by atoms with Gasteiger partial charge in [-0.25, -0.2) is 4.98 Å². The van der Waals surface area contributed by atoms with Crippen molar-refractivity contribution >= 4 is 17.5 Å². The molecule has 1 amide bonds. The van der Waals surface area contributed by atoms with Gasteiger partial charge in [-0.2, -0.15) is 0 Å². The van der Waals surface area contributed by atoms with Gasteiger partial charge in [0.1, 0.15) is 6.61 Å². The van der Waals surface area contributed by atoms with Crippen LogP contribution < -0.4 is 4.74 Å². The van der Waals surface area contributed by atoms with Crippen molar-refractivity contribution < 1.29 is 19.4 Å². The molecule has 2 rings (SSSR count). The fourth-order valence-corrected chi connectivity index (χ4v) is 2.54. The molecule has 0 spiro atoms. The van der Waals surface area contributed by atoms with Crippen LogP contribution in [-0.4, -0.2) is 85.5 Å². The van der Waals surface area contributed by atoms with Crippen LogP contribution in [0.25, 0.3) is 0 Å². The van der Waals surface area contributed by atoms with Crippen molar-refractivity contribution in [3.63, 3.8) is 0 Å². The molecule has 7 nitrogen and oxygen atoms in total. The smallest absolute Gasteiger partial charge is 0.274 e. The number of rotatable bonds is 7. The third-order valence-electron chi connectivity index (χ3n) is 3.64. The van der Waals surface area contributed by atoms with E-state index in [-0.39, 0.29) is 18.2 Å². The molecule has 1 N–H and O–H groups in total. The van der Waals surface area contributed by atoms with E-state index in [0.717, 1.165) is 13.1 Å². The predicted molar refractivity (Wildman–Crippen MR) is 86.0 cm³/mol. The van der Waals surface area contributed by atoms with Crippen LogP contribution >= 0.6 is 11.6 Å². The van der Waals surface area contributed by atoms with E-state index in [9.17, 15) is 4.79 Å². The average molecular weight is 344 g/mol. The lowest BCUT2D eigenvalue weighted by molar-refractivity contribution is 0.0608. The van der Waals surface area contributed by atoms with Crippen molar-refractivity contribution in [2.75, 3.05) is 59.7 Å². The summed E-state index contributed by atoms with van der Waals surface area (Å²) in [5.41, 5.74) is 0.206. The first-order valence-corrected chi connectivity index (χ1v) is 7.94. The lowest BCUT2D eigenvalue weighted by Gasteiger charge is -2.34. The second kappa shape index (κ2) is 9.02. The fourth-order valence-electron chi connectivity index (χ4n) is 2.35. The van der Waals surface area contributed by atoms with Gasteiger partial charge in [0, 0.05) is 45.9 Å². The molecule has 0 unspecified atom stereocenters. The number of ether oxygens (including phenoxy) is 2. The molecule has 1 aliphatic rings. The number of aromatic nitrogens is 1. The Balaban J connectivity index is 1.99. The number of β-amino-alcohol motifs (C(OH)–C–C–N with tert-alkyl or cyclic N) is 1. The summed E-state index contributed by atoms with van der Waals surface area (Å²) in [6.07, 6.45) is 0. The molecule has 0 atom stereocenters. The van der Waals surface area contributed by atoms with Crippen molar-refractivity contribution in [3.8, 4) is 5.88 Å². The fraction of sp³-hybridized carbons (Fsp3) is 0.600. The Morgan fingerprint density at radius 2 is 2.04 bits per heavy atom. The van der Waals surface area contributed by atoms with E-state index in [1.807, 2.05) is 0 Å². The van der Waals surface area contributed by atoms with E-state index < -0.39 is 0 Å². The van der Waals surface area contributed by atoms with Crippen LogP contribution in [0.2, 0.25) is 5.02 Å². The molecule has 1 aromatic rings. The second-order valence-electron chi connectivity index (χ2n) is 5.18. The summed E-state index contributed by atoms with van der Waals surface area (Å²) >= 11 is 6.12. The SMILES string of the molecule is COCCOc1ccc(Cl)c(C(=O)N2CCN(CCO)CC2)n1. The minimum absolute atomic E-state index is 0.127. The third kappa shape index (κ3) is 5.04. The topological polar surface area (TPSA) is 75.1 Å². The lowest BCUT2D eigenvalue weighted by atomic mass is 10.2. The highest BCUT2D eigenvalue weighted by atomic mass is 35.5. The van der Waals surface area contributed by atoms with Gasteiger partial charge in [-0.15, -0.1) is 0 Å². The minimum Gasteiger partial charge on any atom is -0.475 e. The van der Waals surface area contributed by atoms with Crippen LogP contribution in [0.4, 0.5) is 0 Å². The minimum atomic E-state index is -0.198. The molecule has 1 aliphatic heterocycles. The van der Waals surface area contributed by atoms with Crippen molar-refractivity contribution in [2.45, 2.75) is 0 Å². The maximum absolute atomic E-state index is 12.6. The van der Waals surface area contributed by atoms with E-state index in [0.29, 0.717) is 43.8 Å². The summed E-state index contributed by atoms with van der Waals surface area (Å²) in [4.78, 5) is 20.7. The van der Waals surface area contributed by atoms with E-state index in [1.54, 1.807) is 24.1 Å². The summed E-state index contributed by atoms with van der Waals surface area (Å²) in [5.74, 6) is 0.157. The maximum atomic E-state index is 12.6. The molecule has 0 aromatic carbocycles. The quantitative estimate of drug-likeness (QED) is 0.727. The molecular weight excluding hydrogens is 322 g/mol.